The average molecular weight is 341 g/mol. The number of hydrogen-bond donors (Lipinski definition) is 2. The summed E-state index contributed by atoms with van der Waals surface area (Å²) in [4.78, 5) is 0. The number of para-hydroxylation sites is 1. The molecule has 2 aromatic rings. The highest BCUT2D eigenvalue weighted by atomic mass is 16.3. The molecule has 0 amide bonds. The molecule has 0 heterocycles. The molecular formula is C23H32O2. The minimum Gasteiger partial charge on any atom is -0.508 e. The molecule has 0 radical (unpaired) electrons. The van der Waals surface area contributed by atoms with E-state index in [4.69, 9.17) is 5.11 Å². The quantitative estimate of drug-likeness (QED) is 0.641. The second-order valence-electron chi connectivity index (χ2n) is 7.21. The van der Waals surface area contributed by atoms with Crippen molar-refractivity contribution in [3.63, 3.8) is 0 Å². The minimum absolute atomic E-state index is 0.0710. The Morgan fingerprint density at radius 2 is 1.76 bits per heavy atom. The number of rotatable bonds is 7. The van der Waals surface area contributed by atoms with Crippen molar-refractivity contribution in [3.8, 4) is 5.75 Å². The number of hydrogen-bond acceptors (Lipinski definition) is 2. The molecule has 2 heteroatoms. The van der Waals surface area contributed by atoms with Crippen LogP contribution in [0, 0.1) is 12.8 Å². The second kappa shape index (κ2) is 10.2. The van der Waals surface area contributed by atoms with Gasteiger partial charge in [-0.05, 0) is 42.9 Å². The monoisotopic (exact) mass is 340 g/mol. The van der Waals surface area contributed by atoms with Crippen LogP contribution in [0.15, 0.2) is 48.5 Å². The van der Waals surface area contributed by atoms with Crippen LogP contribution < -0.4 is 0 Å². The fourth-order valence-corrected chi connectivity index (χ4v) is 3.08. The van der Waals surface area contributed by atoms with Gasteiger partial charge >= 0.3 is 0 Å². The van der Waals surface area contributed by atoms with E-state index in [1.165, 1.54) is 43.2 Å². The zero-order valence-corrected chi connectivity index (χ0v) is 15.6. The van der Waals surface area contributed by atoms with Crippen LogP contribution in [0.4, 0.5) is 0 Å². The summed E-state index contributed by atoms with van der Waals surface area (Å²) in [5.41, 5.74) is 3.46. The molecule has 0 aliphatic heterocycles. The van der Waals surface area contributed by atoms with Gasteiger partial charge in [0.25, 0.3) is 0 Å². The second-order valence-corrected chi connectivity index (χ2v) is 7.21. The van der Waals surface area contributed by atoms with E-state index in [9.17, 15) is 5.11 Å². The lowest BCUT2D eigenvalue weighted by Crippen LogP contribution is -1.88. The molecule has 0 spiro atoms. The van der Waals surface area contributed by atoms with Gasteiger partial charge in [0.2, 0.25) is 0 Å². The van der Waals surface area contributed by atoms with Gasteiger partial charge in [-0.1, -0.05) is 80.6 Å². The van der Waals surface area contributed by atoms with Crippen LogP contribution in [-0.2, 0) is 6.42 Å². The number of aliphatic hydroxyl groups is 1. The maximum Gasteiger partial charge on any atom is 0.119 e. The van der Waals surface area contributed by atoms with Crippen molar-refractivity contribution < 1.29 is 10.2 Å². The van der Waals surface area contributed by atoms with Crippen molar-refractivity contribution in [2.75, 3.05) is 0 Å². The van der Waals surface area contributed by atoms with E-state index in [1.54, 1.807) is 6.07 Å². The van der Waals surface area contributed by atoms with Gasteiger partial charge in [-0.3, -0.25) is 0 Å². The van der Waals surface area contributed by atoms with Crippen LogP contribution in [0.25, 0.3) is 0 Å². The Morgan fingerprint density at radius 1 is 1.00 bits per heavy atom. The third kappa shape index (κ3) is 7.31. The molecule has 1 aliphatic rings. The van der Waals surface area contributed by atoms with Crippen molar-refractivity contribution in [1.29, 1.82) is 0 Å². The predicted molar refractivity (Wildman–Crippen MR) is 105 cm³/mol. The fraction of sp³-hybridized carbons (Fsp3) is 0.478. The molecule has 2 aromatic carbocycles. The molecule has 0 saturated heterocycles. The first-order valence-electron chi connectivity index (χ1n) is 9.60. The van der Waals surface area contributed by atoms with Gasteiger partial charge in [0.1, 0.15) is 5.75 Å². The number of unbranched alkanes of at least 4 members (excludes halogenated alkanes) is 3. The Hall–Kier alpha value is -1.80. The van der Waals surface area contributed by atoms with Crippen LogP contribution >= 0.6 is 0 Å². The van der Waals surface area contributed by atoms with Crippen LogP contribution in [0.5, 0.6) is 5.75 Å². The largest absolute Gasteiger partial charge is 0.508 e. The summed E-state index contributed by atoms with van der Waals surface area (Å²) in [6.07, 6.45) is 8.56. The van der Waals surface area contributed by atoms with Crippen LogP contribution in [0.1, 0.15) is 62.1 Å². The van der Waals surface area contributed by atoms with Gasteiger partial charge in [0.15, 0.2) is 0 Å². The number of phenols is 1. The standard InChI is InChI=1S/C14H14O.C9H18O/c1-11-5-4-6-12(9-11)10-13-7-2-3-8-14(13)15;1-2-3-4-5-6-8-7-9(8)10/h2-9,15H,10H2,1H3;8-10H,2-7H2,1H3. The van der Waals surface area contributed by atoms with Gasteiger partial charge in [-0.15, -0.1) is 0 Å². The summed E-state index contributed by atoms with van der Waals surface area (Å²) in [5, 5.41) is 18.6. The van der Waals surface area contributed by atoms with E-state index in [1.807, 2.05) is 24.3 Å². The van der Waals surface area contributed by atoms with Crippen LogP contribution in [0.2, 0.25) is 0 Å². The fourth-order valence-electron chi connectivity index (χ4n) is 3.08. The van der Waals surface area contributed by atoms with Crippen molar-refractivity contribution in [2.24, 2.45) is 5.92 Å². The highest BCUT2D eigenvalue weighted by Crippen LogP contribution is 2.34. The predicted octanol–water partition coefficient (Wildman–Crippen LogP) is 5.63. The lowest BCUT2D eigenvalue weighted by molar-refractivity contribution is 0.255. The highest BCUT2D eigenvalue weighted by Gasteiger charge is 2.33. The molecule has 2 unspecified atom stereocenters. The Labute approximate surface area is 152 Å². The van der Waals surface area contributed by atoms with Crippen molar-refractivity contribution in [3.05, 3.63) is 65.2 Å². The molecule has 0 aromatic heterocycles. The molecule has 1 aliphatic carbocycles. The summed E-state index contributed by atoms with van der Waals surface area (Å²) < 4.78 is 0. The first kappa shape index (κ1) is 19.5. The van der Waals surface area contributed by atoms with E-state index < -0.39 is 0 Å². The third-order valence-electron chi connectivity index (χ3n) is 4.78. The normalized spacial score (nSPS) is 18.4. The summed E-state index contributed by atoms with van der Waals surface area (Å²) in [5.74, 6) is 1.05. The van der Waals surface area contributed by atoms with E-state index in [0.29, 0.717) is 11.7 Å². The Morgan fingerprint density at radius 3 is 2.40 bits per heavy atom. The van der Waals surface area contributed by atoms with Gasteiger partial charge in [0.05, 0.1) is 6.10 Å². The topological polar surface area (TPSA) is 40.5 Å². The molecule has 0 bridgehead atoms. The van der Waals surface area contributed by atoms with Gasteiger partial charge in [-0.25, -0.2) is 0 Å². The van der Waals surface area contributed by atoms with E-state index in [-0.39, 0.29) is 6.10 Å². The average Bonchev–Trinajstić information content (AvgIpc) is 3.30. The number of benzene rings is 2. The van der Waals surface area contributed by atoms with Gasteiger partial charge < -0.3 is 10.2 Å². The van der Waals surface area contributed by atoms with E-state index >= 15 is 0 Å². The SMILES string of the molecule is CCCCCCC1CC1O.Cc1cccc(Cc2ccccc2O)c1. The molecule has 136 valence electrons. The third-order valence-corrected chi connectivity index (χ3v) is 4.78. The van der Waals surface area contributed by atoms with Crippen molar-refractivity contribution >= 4 is 0 Å². The van der Waals surface area contributed by atoms with Crippen LogP contribution in [-0.4, -0.2) is 16.3 Å². The van der Waals surface area contributed by atoms with Gasteiger partial charge in [-0.2, -0.15) is 0 Å². The number of aryl methyl sites for hydroxylation is 1. The number of aliphatic hydroxyl groups excluding tert-OH is 1. The molecule has 2 nitrogen and oxygen atoms in total. The van der Waals surface area contributed by atoms with Crippen LogP contribution in [0.3, 0.4) is 0 Å². The molecule has 25 heavy (non-hydrogen) atoms. The van der Waals surface area contributed by atoms with Crippen molar-refractivity contribution in [1.82, 2.24) is 0 Å². The Bertz CT molecular complexity index is 635. The zero-order valence-electron chi connectivity index (χ0n) is 15.6. The Kier molecular flexibility index (Phi) is 8.00. The smallest absolute Gasteiger partial charge is 0.119 e. The first-order valence-corrected chi connectivity index (χ1v) is 9.60. The van der Waals surface area contributed by atoms with E-state index in [0.717, 1.165) is 18.4 Å². The van der Waals surface area contributed by atoms with Gasteiger partial charge in [0, 0.05) is 6.42 Å². The van der Waals surface area contributed by atoms with Crippen molar-refractivity contribution in [2.45, 2.75) is 64.9 Å². The Balaban J connectivity index is 0.000000196. The summed E-state index contributed by atoms with van der Waals surface area (Å²) in [6.45, 7) is 4.31. The summed E-state index contributed by atoms with van der Waals surface area (Å²) in [7, 11) is 0. The molecule has 2 N–H and O–H groups in total. The molecule has 3 rings (SSSR count). The lowest BCUT2D eigenvalue weighted by atomic mass is 10.0. The maximum absolute atomic E-state index is 9.64. The van der Waals surface area contributed by atoms with E-state index in [2.05, 4.69) is 32.0 Å². The molecule has 1 fully saturated rings. The lowest BCUT2D eigenvalue weighted by Gasteiger charge is -2.04. The minimum atomic E-state index is 0.0710. The number of aromatic hydroxyl groups is 1. The number of phenolic OH excluding ortho intramolecular Hbond substituents is 1. The summed E-state index contributed by atoms with van der Waals surface area (Å²) >= 11 is 0. The molecule has 1 saturated carbocycles. The molecule has 2 atom stereocenters. The zero-order chi connectivity index (χ0) is 18.1. The first-order chi connectivity index (χ1) is 12.1. The molecular weight excluding hydrogens is 308 g/mol. The summed E-state index contributed by atoms with van der Waals surface area (Å²) in [6, 6.07) is 15.8. The maximum atomic E-state index is 9.64. The highest BCUT2D eigenvalue weighted by molar-refractivity contribution is 5.37.